The maximum atomic E-state index is 5.68. The van der Waals surface area contributed by atoms with Gasteiger partial charge >= 0.3 is 0 Å². The van der Waals surface area contributed by atoms with Gasteiger partial charge in [0, 0.05) is 42.0 Å². The quantitative estimate of drug-likeness (QED) is 0.771. The minimum Gasteiger partial charge on any atom is -0.347 e. The van der Waals surface area contributed by atoms with Gasteiger partial charge in [0.2, 0.25) is 0 Å². The Hall–Kier alpha value is -2.13. The van der Waals surface area contributed by atoms with E-state index in [-0.39, 0.29) is 0 Å². The first-order valence-electron chi connectivity index (χ1n) is 7.05. The lowest BCUT2D eigenvalue weighted by Gasteiger charge is -2.07. The number of pyridine rings is 1. The SMILES string of the molecule is NCCc1cccc2c1ccn2CCc1ccccn1. The molecule has 2 N–H and O–H groups in total. The summed E-state index contributed by atoms with van der Waals surface area (Å²) >= 11 is 0. The highest BCUT2D eigenvalue weighted by Crippen LogP contribution is 2.21. The van der Waals surface area contributed by atoms with Crippen molar-refractivity contribution >= 4 is 10.9 Å². The van der Waals surface area contributed by atoms with E-state index in [4.69, 9.17) is 5.73 Å². The van der Waals surface area contributed by atoms with Crippen molar-refractivity contribution < 1.29 is 0 Å². The number of benzene rings is 1. The van der Waals surface area contributed by atoms with Crippen LogP contribution in [-0.4, -0.2) is 16.1 Å². The number of nitrogens with two attached hydrogens (primary N) is 1. The third kappa shape index (κ3) is 2.58. The van der Waals surface area contributed by atoms with Crippen molar-refractivity contribution in [1.82, 2.24) is 9.55 Å². The predicted molar refractivity (Wildman–Crippen MR) is 82.6 cm³/mol. The summed E-state index contributed by atoms with van der Waals surface area (Å²) in [5, 5.41) is 1.32. The lowest BCUT2D eigenvalue weighted by molar-refractivity contribution is 0.710. The molecular formula is C17H19N3. The molecular weight excluding hydrogens is 246 g/mol. The molecule has 2 heterocycles. The van der Waals surface area contributed by atoms with Crippen LogP contribution in [0, 0.1) is 0 Å². The number of aryl methyl sites for hydroxylation is 2. The van der Waals surface area contributed by atoms with E-state index in [1.807, 2.05) is 18.3 Å². The molecule has 20 heavy (non-hydrogen) atoms. The molecule has 2 aromatic heterocycles. The molecule has 1 aromatic carbocycles. The van der Waals surface area contributed by atoms with Crippen LogP contribution in [0.15, 0.2) is 54.9 Å². The van der Waals surface area contributed by atoms with E-state index < -0.39 is 0 Å². The average molecular weight is 265 g/mol. The molecule has 3 nitrogen and oxygen atoms in total. The van der Waals surface area contributed by atoms with Gasteiger partial charge in [0.25, 0.3) is 0 Å². The first-order valence-corrected chi connectivity index (χ1v) is 7.05. The highest BCUT2D eigenvalue weighted by molar-refractivity contribution is 5.83. The minimum atomic E-state index is 0.693. The predicted octanol–water partition coefficient (Wildman–Crippen LogP) is 2.78. The standard InChI is InChI=1S/C17H19N3/c18-10-7-14-4-3-6-17-16(14)9-13-20(17)12-8-15-5-1-2-11-19-15/h1-6,9,11,13H,7-8,10,12,18H2. The number of rotatable bonds is 5. The molecule has 0 aliphatic carbocycles. The van der Waals surface area contributed by atoms with Crippen molar-refractivity contribution in [2.45, 2.75) is 19.4 Å². The maximum Gasteiger partial charge on any atom is 0.0483 e. The summed E-state index contributed by atoms with van der Waals surface area (Å²) in [5.74, 6) is 0. The fourth-order valence-electron chi connectivity index (χ4n) is 2.64. The van der Waals surface area contributed by atoms with E-state index in [1.165, 1.54) is 16.5 Å². The summed E-state index contributed by atoms with van der Waals surface area (Å²) in [7, 11) is 0. The Morgan fingerprint density at radius 1 is 1.00 bits per heavy atom. The summed E-state index contributed by atoms with van der Waals surface area (Å²) in [6.07, 6.45) is 5.89. The first kappa shape index (κ1) is 12.9. The fraction of sp³-hybridized carbons (Fsp3) is 0.235. The molecule has 0 atom stereocenters. The van der Waals surface area contributed by atoms with Crippen molar-refractivity contribution in [3.63, 3.8) is 0 Å². The van der Waals surface area contributed by atoms with Crippen LogP contribution in [0.25, 0.3) is 10.9 Å². The van der Waals surface area contributed by atoms with Crippen molar-refractivity contribution in [1.29, 1.82) is 0 Å². The Morgan fingerprint density at radius 2 is 1.95 bits per heavy atom. The van der Waals surface area contributed by atoms with Gasteiger partial charge in [0.05, 0.1) is 0 Å². The van der Waals surface area contributed by atoms with Crippen molar-refractivity contribution in [3.05, 3.63) is 66.1 Å². The second kappa shape index (κ2) is 5.88. The second-order valence-electron chi connectivity index (χ2n) is 4.97. The summed E-state index contributed by atoms with van der Waals surface area (Å²) in [6.45, 7) is 1.64. The van der Waals surface area contributed by atoms with E-state index in [0.29, 0.717) is 6.54 Å². The highest BCUT2D eigenvalue weighted by Gasteiger charge is 2.05. The van der Waals surface area contributed by atoms with E-state index in [9.17, 15) is 0 Å². The zero-order valence-corrected chi connectivity index (χ0v) is 11.5. The zero-order valence-electron chi connectivity index (χ0n) is 11.5. The van der Waals surface area contributed by atoms with Crippen LogP contribution in [0.4, 0.5) is 0 Å². The Bertz CT molecular complexity index is 686. The summed E-state index contributed by atoms with van der Waals surface area (Å²) in [4.78, 5) is 4.38. The number of nitrogens with zero attached hydrogens (tertiary/aromatic N) is 2. The molecule has 3 aromatic rings. The minimum absolute atomic E-state index is 0.693. The molecule has 3 heteroatoms. The third-order valence-electron chi connectivity index (χ3n) is 3.65. The van der Waals surface area contributed by atoms with Gasteiger partial charge < -0.3 is 10.3 Å². The van der Waals surface area contributed by atoms with Gasteiger partial charge in [-0.1, -0.05) is 18.2 Å². The number of hydrogen-bond donors (Lipinski definition) is 1. The van der Waals surface area contributed by atoms with Gasteiger partial charge in [-0.25, -0.2) is 0 Å². The largest absolute Gasteiger partial charge is 0.347 e. The molecule has 0 radical (unpaired) electrons. The van der Waals surface area contributed by atoms with Crippen LogP contribution >= 0.6 is 0 Å². The number of hydrogen-bond acceptors (Lipinski definition) is 2. The fourth-order valence-corrected chi connectivity index (χ4v) is 2.64. The smallest absolute Gasteiger partial charge is 0.0483 e. The molecule has 0 saturated carbocycles. The highest BCUT2D eigenvalue weighted by atomic mass is 15.0. The molecule has 3 rings (SSSR count). The maximum absolute atomic E-state index is 5.68. The van der Waals surface area contributed by atoms with Gasteiger partial charge in [0.1, 0.15) is 0 Å². The van der Waals surface area contributed by atoms with Crippen LogP contribution < -0.4 is 5.73 Å². The summed E-state index contributed by atoms with van der Waals surface area (Å²) < 4.78 is 2.30. The van der Waals surface area contributed by atoms with Crippen LogP contribution in [0.2, 0.25) is 0 Å². The number of fused-ring (bicyclic) bond motifs is 1. The lowest BCUT2D eigenvalue weighted by Crippen LogP contribution is -2.03. The van der Waals surface area contributed by atoms with Gasteiger partial charge in [-0.15, -0.1) is 0 Å². The van der Waals surface area contributed by atoms with E-state index in [1.54, 1.807) is 0 Å². The molecule has 0 aliphatic heterocycles. The van der Waals surface area contributed by atoms with E-state index in [2.05, 4.69) is 46.1 Å². The second-order valence-corrected chi connectivity index (χ2v) is 4.97. The molecule has 0 aliphatic rings. The Kier molecular flexibility index (Phi) is 3.79. The monoisotopic (exact) mass is 265 g/mol. The van der Waals surface area contributed by atoms with Gasteiger partial charge in [-0.05, 0) is 42.8 Å². The van der Waals surface area contributed by atoms with Crippen LogP contribution in [0.1, 0.15) is 11.3 Å². The van der Waals surface area contributed by atoms with Crippen LogP contribution in [0.3, 0.4) is 0 Å². The molecule has 0 amide bonds. The topological polar surface area (TPSA) is 43.8 Å². The normalized spacial score (nSPS) is 11.1. The van der Waals surface area contributed by atoms with Gasteiger partial charge in [-0.2, -0.15) is 0 Å². The third-order valence-corrected chi connectivity index (χ3v) is 3.65. The summed E-state index contributed by atoms with van der Waals surface area (Å²) in [5.41, 5.74) is 9.43. The number of aromatic nitrogens is 2. The summed E-state index contributed by atoms with van der Waals surface area (Å²) in [6, 6.07) is 14.7. The molecule has 0 saturated heterocycles. The average Bonchev–Trinajstić information content (AvgIpc) is 2.91. The molecule has 0 unspecified atom stereocenters. The molecule has 0 spiro atoms. The van der Waals surface area contributed by atoms with E-state index in [0.717, 1.165) is 25.1 Å². The van der Waals surface area contributed by atoms with Crippen LogP contribution in [-0.2, 0) is 19.4 Å². The first-order chi connectivity index (χ1) is 9.88. The lowest BCUT2D eigenvalue weighted by atomic mass is 10.1. The Labute approximate surface area is 119 Å². The Balaban J connectivity index is 1.84. The Morgan fingerprint density at radius 3 is 2.75 bits per heavy atom. The van der Waals surface area contributed by atoms with Crippen molar-refractivity contribution in [2.24, 2.45) is 5.73 Å². The van der Waals surface area contributed by atoms with Crippen molar-refractivity contribution in [3.8, 4) is 0 Å². The zero-order chi connectivity index (χ0) is 13.8. The van der Waals surface area contributed by atoms with Crippen molar-refractivity contribution in [2.75, 3.05) is 6.54 Å². The molecule has 0 bridgehead atoms. The molecule has 102 valence electrons. The van der Waals surface area contributed by atoms with Crippen LogP contribution in [0.5, 0.6) is 0 Å². The molecule has 0 fully saturated rings. The van der Waals surface area contributed by atoms with E-state index >= 15 is 0 Å². The van der Waals surface area contributed by atoms with Gasteiger partial charge in [-0.3, -0.25) is 4.98 Å². The van der Waals surface area contributed by atoms with Gasteiger partial charge in [0.15, 0.2) is 0 Å².